The van der Waals surface area contributed by atoms with Crippen molar-refractivity contribution in [3.8, 4) is 17.3 Å². The number of hydrogen-bond donors (Lipinski definition) is 0. The second-order valence-corrected chi connectivity index (χ2v) is 5.44. The van der Waals surface area contributed by atoms with Crippen LogP contribution in [0.2, 0.25) is 0 Å². The molecule has 6 heteroatoms. The van der Waals surface area contributed by atoms with E-state index in [9.17, 15) is 4.79 Å². The largest absolute Gasteiger partial charge is 0.481 e. The van der Waals surface area contributed by atoms with Gasteiger partial charge in [0.05, 0.1) is 13.2 Å². The van der Waals surface area contributed by atoms with Crippen LogP contribution in [0.4, 0.5) is 0 Å². The van der Waals surface area contributed by atoms with Crippen molar-refractivity contribution in [2.24, 2.45) is 0 Å². The molecule has 0 spiro atoms. The number of hydrogen-bond acceptors (Lipinski definition) is 4. The number of carbonyl (C=O) groups is 1. The van der Waals surface area contributed by atoms with Crippen LogP contribution in [0.15, 0.2) is 30.7 Å². The highest BCUT2D eigenvalue weighted by atomic mass is 16.5. The lowest BCUT2D eigenvalue weighted by molar-refractivity contribution is -0.127. The van der Waals surface area contributed by atoms with Gasteiger partial charge in [0.25, 0.3) is 0 Å². The quantitative estimate of drug-likeness (QED) is 0.849. The Morgan fingerprint density at radius 3 is 3.00 bits per heavy atom. The summed E-state index contributed by atoms with van der Waals surface area (Å²) in [7, 11) is 1.59. The summed E-state index contributed by atoms with van der Waals surface area (Å²) in [6.07, 6.45) is 6.93. The van der Waals surface area contributed by atoms with E-state index in [1.807, 2.05) is 23.2 Å². The number of carbonyl (C=O) groups excluding carboxylic acids is 1. The minimum Gasteiger partial charge on any atom is -0.481 e. The number of methoxy groups -OCH3 is 1. The Labute approximate surface area is 129 Å². The van der Waals surface area contributed by atoms with Crippen molar-refractivity contribution < 1.29 is 9.53 Å². The van der Waals surface area contributed by atoms with Crippen molar-refractivity contribution in [1.29, 1.82) is 0 Å². The molecule has 6 nitrogen and oxygen atoms in total. The normalized spacial score (nSPS) is 18.0. The highest BCUT2D eigenvalue weighted by Gasteiger charge is 2.31. The van der Waals surface area contributed by atoms with Crippen LogP contribution in [0, 0.1) is 0 Å². The molecule has 0 saturated carbocycles. The van der Waals surface area contributed by atoms with E-state index < -0.39 is 0 Å². The van der Waals surface area contributed by atoms with Gasteiger partial charge in [-0.2, -0.15) is 0 Å². The summed E-state index contributed by atoms with van der Waals surface area (Å²) in [5, 5.41) is 0. The van der Waals surface area contributed by atoms with Crippen molar-refractivity contribution in [3.05, 3.63) is 30.7 Å². The molecule has 1 fully saturated rings. The van der Waals surface area contributed by atoms with Gasteiger partial charge in [-0.15, -0.1) is 0 Å². The molecular formula is C16H20N4O2. The molecule has 2 aromatic rings. The molecule has 1 aliphatic heterocycles. The first-order chi connectivity index (χ1) is 10.7. The summed E-state index contributed by atoms with van der Waals surface area (Å²) in [5.74, 6) is 1.62. The zero-order valence-electron chi connectivity index (χ0n) is 12.9. The fourth-order valence-electron chi connectivity index (χ4n) is 2.92. The van der Waals surface area contributed by atoms with Crippen LogP contribution in [0.5, 0.6) is 5.88 Å². The molecule has 0 radical (unpaired) electrons. The molecule has 0 aliphatic carbocycles. The number of aromatic nitrogens is 3. The van der Waals surface area contributed by atoms with Gasteiger partial charge >= 0.3 is 0 Å². The maximum Gasteiger partial charge on any atom is 0.224 e. The maximum atomic E-state index is 12.1. The van der Waals surface area contributed by atoms with E-state index >= 15 is 0 Å². The molecular weight excluding hydrogens is 280 g/mol. The summed E-state index contributed by atoms with van der Waals surface area (Å²) < 4.78 is 7.26. The van der Waals surface area contributed by atoms with Crippen LogP contribution in [-0.4, -0.2) is 45.5 Å². The maximum absolute atomic E-state index is 12.1. The monoisotopic (exact) mass is 300 g/mol. The van der Waals surface area contributed by atoms with Crippen molar-refractivity contribution in [1.82, 2.24) is 19.4 Å². The molecule has 3 heterocycles. The van der Waals surface area contributed by atoms with Gasteiger partial charge in [0.1, 0.15) is 5.82 Å². The van der Waals surface area contributed by atoms with E-state index in [1.54, 1.807) is 19.5 Å². The minimum absolute atomic E-state index is 0.135. The topological polar surface area (TPSA) is 60.3 Å². The third-order valence-electron chi connectivity index (χ3n) is 3.95. The average Bonchev–Trinajstić information content (AvgIpc) is 3.15. The minimum atomic E-state index is 0.135. The summed E-state index contributed by atoms with van der Waals surface area (Å²) in [5.41, 5.74) is 0.943. The fraction of sp³-hybridized carbons (Fsp3) is 0.438. The van der Waals surface area contributed by atoms with Crippen LogP contribution in [0.3, 0.4) is 0 Å². The molecule has 2 aromatic heterocycles. The average molecular weight is 300 g/mol. The Balaban J connectivity index is 1.88. The molecule has 1 unspecified atom stereocenters. The third-order valence-corrected chi connectivity index (χ3v) is 3.95. The highest BCUT2D eigenvalue weighted by Crippen LogP contribution is 2.29. The predicted octanol–water partition coefficient (Wildman–Crippen LogP) is 2.14. The zero-order chi connectivity index (χ0) is 15.5. The van der Waals surface area contributed by atoms with E-state index in [2.05, 4.69) is 21.5 Å². The Morgan fingerprint density at radius 1 is 1.36 bits per heavy atom. The van der Waals surface area contributed by atoms with Crippen LogP contribution in [0.1, 0.15) is 25.8 Å². The third kappa shape index (κ3) is 2.68. The van der Waals surface area contributed by atoms with Gasteiger partial charge in [0, 0.05) is 49.7 Å². The highest BCUT2D eigenvalue weighted by molar-refractivity contribution is 5.79. The van der Waals surface area contributed by atoms with Gasteiger partial charge in [0.15, 0.2) is 0 Å². The van der Waals surface area contributed by atoms with Crippen LogP contribution in [-0.2, 0) is 4.79 Å². The number of pyridine rings is 1. The Morgan fingerprint density at radius 2 is 2.23 bits per heavy atom. The van der Waals surface area contributed by atoms with Gasteiger partial charge in [0.2, 0.25) is 11.8 Å². The first kappa shape index (κ1) is 14.6. The van der Waals surface area contributed by atoms with Crippen molar-refractivity contribution in [2.45, 2.75) is 25.8 Å². The fourth-order valence-corrected chi connectivity index (χ4v) is 2.92. The first-order valence-corrected chi connectivity index (χ1v) is 7.54. The zero-order valence-corrected chi connectivity index (χ0v) is 12.9. The molecule has 0 bridgehead atoms. The molecule has 116 valence electrons. The smallest absolute Gasteiger partial charge is 0.224 e. The predicted molar refractivity (Wildman–Crippen MR) is 82.5 cm³/mol. The van der Waals surface area contributed by atoms with Crippen molar-refractivity contribution >= 4 is 5.91 Å². The van der Waals surface area contributed by atoms with E-state index in [-0.39, 0.29) is 11.9 Å². The Kier molecular flexibility index (Phi) is 4.09. The second-order valence-electron chi connectivity index (χ2n) is 5.44. The lowest BCUT2D eigenvalue weighted by Crippen LogP contribution is -2.26. The van der Waals surface area contributed by atoms with E-state index in [1.165, 1.54) is 0 Å². The van der Waals surface area contributed by atoms with Crippen LogP contribution < -0.4 is 4.74 Å². The van der Waals surface area contributed by atoms with E-state index in [4.69, 9.17) is 4.74 Å². The second kappa shape index (κ2) is 6.17. The van der Waals surface area contributed by atoms with Gasteiger partial charge in [-0.25, -0.2) is 9.97 Å². The van der Waals surface area contributed by atoms with Crippen molar-refractivity contribution in [3.63, 3.8) is 0 Å². The number of nitrogens with zero attached hydrogens (tertiary/aromatic N) is 4. The molecule has 1 saturated heterocycles. The summed E-state index contributed by atoms with van der Waals surface area (Å²) >= 11 is 0. The molecule has 1 amide bonds. The van der Waals surface area contributed by atoms with E-state index in [0.717, 1.165) is 30.9 Å². The summed E-state index contributed by atoms with van der Waals surface area (Å²) in [4.78, 5) is 22.6. The SMILES string of the molecule is CCCN1CC(n2ccnc2-c2ccnc(OC)c2)CC1=O. The molecule has 1 atom stereocenters. The molecule has 0 aromatic carbocycles. The standard InChI is InChI=1S/C16H20N4O2/c1-3-7-19-11-13(10-15(19)21)20-8-6-18-16(20)12-4-5-17-14(9-12)22-2/h4-6,8-9,13H,3,7,10-11H2,1-2H3. The Bertz CT molecular complexity index is 668. The number of ether oxygens (including phenoxy) is 1. The van der Waals surface area contributed by atoms with Crippen LogP contribution >= 0.6 is 0 Å². The number of rotatable bonds is 5. The number of imidazole rings is 1. The van der Waals surface area contributed by atoms with Crippen LogP contribution in [0.25, 0.3) is 11.4 Å². The van der Waals surface area contributed by atoms with Gasteiger partial charge < -0.3 is 14.2 Å². The van der Waals surface area contributed by atoms with Gasteiger partial charge in [-0.05, 0) is 12.5 Å². The molecule has 22 heavy (non-hydrogen) atoms. The molecule has 3 rings (SSSR count). The lowest BCUT2D eigenvalue weighted by atomic mass is 10.2. The summed E-state index contributed by atoms with van der Waals surface area (Å²) in [6, 6.07) is 3.90. The number of amides is 1. The van der Waals surface area contributed by atoms with E-state index in [0.29, 0.717) is 12.3 Å². The Hall–Kier alpha value is -2.37. The summed E-state index contributed by atoms with van der Waals surface area (Å²) in [6.45, 7) is 3.66. The van der Waals surface area contributed by atoms with Gasteiger partial charge in [-0.3, -0.25) is 4.79 Å². The van der Waals surface area contributed by atoms with Crippen molar-refractivity contribution in [2.75, 3.05) is 20.2 Å². The van der Waals surface area contributed by atoms with Gasteiger partial charge in [-0.1, -0.05) is 6.92 Å². The molecule has 1 aliphatic rings. The molecule has 0 N–H and O–H groups in total. The first-order valence-electron chi connectivity index (χ1n) is 7.54. The number of likely N-dealkylation sites (tertiary alicyclic amines) is 1. The lowest BCUT2D eigenvalue weighted by Gasteiger charge is -2.17.